The van der Waals surface area contributed by atoms with Crippen LogP contribution in [0.15, 0.2) is 18.5 Å². The Balaban J connectivity index is 1.35. The van der Waals surface area contributed by atoms with Gasteiger partial charge in [0.2, 0.25) is 5.91 Å². The minimum atomic E-state index is -0.352. The lowest BCUT2D eigenvalue weighted by atomic mass is 9.94. The number of thiophene rings is 1. The Labute approximate surface area is 201 Å². The summed E-state index contributed by atoms with van der Waals surface area (Å²) < 4.78 is 1.12. The number of fused-ring (bicyclic) bond motifs is 3. The lowest BCUT2D eigenvalue weighted by molar-refractivity contribution is -0.119. The second-order valence-corrected chi connectivity index (χ2v) is 12.0. The van der Waals surface area contributed by atoms with Gasteiger partial charge in [-0.15, -0.1) is 22.7 Å². The number of hydrogen-bond acceptors (Lipinski definition) is 8. The normalized spacial score (nSPS) is 27.5. The molecule has 1 amide bonds. The molecule has 5 heterocycles. The molecular formula is C24H30N6OS2. The molecule has 0 bridgehead atoms. The number of thiazole rings is 1. The van der Waals surface area contributed by atoms with Crippen LogP contribution in [-0.4, -0.2) is 47.6 Å². The maximum Gasteiger partial charge on any atom is 0.227 e. The first-order chi connectivity index (χ1) is 16.1. The molecule has 6 rings (SSSR count). The summed E-state index contributed by atoms with van der Waals surface area (Å²) in [5.74, 6) is 0.923. The van der Waals surface area contributed by atoms with Crippen molar-refractivity contribution in [1.29, 1.82) is 0 Å². The highest BCUT2D eigenvalue weighted by Crippen LogP contribution is 2.45. The summed E-state index contributed by atoms with van der Waals surface area (Å²) in [6.45, 7) is 5.89. The van der Waals surface area contributed by atoms with Crippen LogP contribution in [0.3, 0.4) is 0 Å². The van der Waals surface area contributed by atoms with Gasteiger partial charge in [0.05, 0.1) is 16.8 Å². The van der Waals surface area contributed by atoms with Crippen molar-refractivity contribution in [2.24, 2.45) is 17.6 Å². The van der Waals surface area contributed by atoms with Crippen molar-refractivity contribution in [3.8, 4) is 10.6 Å². The molecule has 33 heavy (non-hydrogen) atoms. The van der Waals surface area contributed by atoms with E-state index in [9.17, 15) is 4.79 Å². The van der Waals surface area contributed by atoms with Gasteiger partial charge >= 0.3 is 0 Å². The number of carbonyl (C=O) groups excluding carboxylic acids is 1. The molecule has 174 valence electrons. The summed E-state index contributed by atoms with van der Waals surface area (Å²) in [6, 6.07) is 2.88. The summed E-state index contributed by atoms with van der Waals surface area (Å²) in [6.07, 6.45) is 6.93. The molecule has 1 saturated carbocycles. The fraction of sp³-hybridized carbons (Fsp3) is 0.542. The van der Waals surface area contributed by atoms with E-state index in [1.807, 2.05) is 18.5 Å². The van der Waals surface area contributed by atoms with Crippen LogP contribution in [0.4, 0.5) is 0 Å². The Morgan fingerprint density at radius 1 is 1.30 bits per heavy atom. The quantitative estimate of drug-likeness (QED) is 0.431. The number of nitrogens with zero attached hydrogens (tertiary/aromatic N) is 2. The third kappa shape index (κ3) is 4.00. The average Bonchev–Trinajstić information content (AvgIpc) is 3.54. The predicted octanol–water partition coefficient (Wildman–Crippen LogP) is 2.61. The Hall–Kier alpha value is -1.91. The molecule has 3 unspecified atom stereocenters. The van der Waals surface area contributed by atoms with Crippen LogP contribution in [0.1, 0.15) is 41.0 Å². The SMILES string of the molecule is C[C@H]1Cc2c(sc(C(CNC3CC4CNCC4C3)C(N)=O)c2-c2nc3cnccc3s2)CN1. The second kappa shape index (κ2) is 8.70. The molecule has 1 aliphatic carbocycles. The molecule has 2 aliphatic heterocycles. The van der Waals surface area contributed by atoms with E-state index >= 15 is 0 Å². The van der Waals surface area contributed by atoms with E-state index in [-0.39, 0.29) is 11.8 Å². The molecule has 3 aliphatic rings. The number of primary amides is 1. The van der Waals surface area contributed by atoms with Crippen molar-refractivity contribution in [1.82, 2.24) is 25.9 Å². The van der Waals surface area contributed by atoms with Crippen molar-refractivity contribution in [3.63, 3.8) is 0 Å². The summed E-state index contributed by atoms with van der Waals surface area (Å²) in [5.41, 5.74) is 9.41. The van der Waals surface area contributed by atoms with E-state index in [0.29, 0.717) is 18.6 Å². The fourth-order valence-corrected chi connectivity index (χ4v) is 8.32. The molecule has 0 spiro atoms. The van der Waals surface area contributed by atoms with E-state index in [4.69, 9.17) is 10.7 Å². The van der Waals surface area contributed by atoms with Crippen molar-refractivity contribution < 1.29 is 4.79 Å². The Morgan fingerprint density at radius 3 is 2.88 bits per heavy atom. The van der Waals surface area contributed by atoms with Gasteiger partial charge < -0.3 is 21.7 Å². The highest BCUT2D eigenvalue weighted by molar-refractivity contribution is 7.22. The largest absolute Gasteiger partial charge is 0.369 e. The van der Waals surface area contributed by atoms with Crippen LogP contribution < -0.4 is 21.7 Å². The van der Waals surface area contributed by atoms with Gasteiger partial charge in [0.1, 0.15) is 10.5 Å². The zero-order valence-electron chi connectivity index (χ0n) is 18.8. The number of rotatable bonds is 6. The van der Waals surface area contributed by atoms with Gasteiger partial charge in [0, 0.05) is 46.7 Å². The molecule has 7 nitrogen and oxygen atoms in total. The minimum Gasteiger partial charge on any atom is -0.369 e. The van der Waals surface area contributed by atoms with E-state index in [1.54, 1.807) is 22.7 Å². The number of aromatic nitrogens is 2. The summed E-state index contributed by atoms with van der Waals surface area (Å²) in [5, 5.41) is 11.8. The molecule has 0 aromatic carbocycles. The molecule has 2 fully saturated rings. The second-order valence-electron chi connectivity index (χ2n) is 9.80. The average molecular weight is 483 g/mol. The van der Waals surface area contributed by atoms with E-state index in [2.05, 4.69) is 27.9 Å². The van der Waals surface area contributed by atoms with Gasteiger partial charge in [0.25, 0.3) is 0 Å². The van der Waals surface area contributed by atoms with Crippen LogP contribution in [0.25, 0.3) is 20.8 Å². The number of amides is 1. The zero-order valence-corrected chi connectivity index (χ0v) is 20.4. The first kappa shape index (κ1) is 21.6. The van der Waals surface area contributed by atoms with E-state index in [1.165, 1.54) is 23.3 Å². The van der Waals surface area contributed by atoms with Crippen LogP contribution >= 0.6 is 22.7 Å². The first-order valence-electron chi connectivity index (χ1n) is 11.9. The van der Waals surface area contributed by atoms with Crippen LogP contribution in [0, 0.1) is 11.8 Å². The van der Waals surface area contributed by atoms with Gasteiger partial charge in [0.15, 0.2) is 0 Å². The Kier molecular flexibility index (Phi) is 5.70. The van der Waals surface area contributed by atoms with Crippen LogP contribution in [-0.2, 0) is 17.8 Å². The molecule has 5 N–H and O–H groups in total. The van der Waals surface area contributed by atoms with Gasteiger partial charge in [-0.2, -0.15) is 0 Å². The smallest absolute Gasteiger partial charge is 0.227 e. The van der Waals surface area contributed by atoms with Crippen molar-refractivity contribution in [2.75, 3.05) is 19.6 Å². The van der Waals surface area contributed by atoms with Crippen molar-refractivity contribution >= 4 is 38.8 Å². The number of pyridine rings is 1. The molecular weight excluding hydrogens is 452 g/mol. The van der Waals surface area contributed by atoms with Crippen LogP contribution in [0.5, 0.6) is 0 Å². The maximum absolute atomic E-state index is 12.8. The van der Waals surface area contributed by atoms with Gasteiger partial charge in [-0.1, -0.05) is 0 Å². The molecule has 9 heteroatoms. The topological polar surface area (TPSA) is 105 Å². The highest BCUT2D eigenvalue weighted by Gasteiger charge is 2.38. The van der Waals surface area contributed by atoms with Crippen molar-refractivity contribution in [3.05, 3.63) is 33.8 Å². The van der Waals surface area contributed by atoms with Gasteiger partial charge in [-0.25, -0.2) is 4.98 Å². The van der Waals surface area contributed by atoms with E-state index < -0.39 is 0 Å². The standard InChI is InChI=1S/C24H30N6OS2/c1-12-4-16-20(11-28-12)32-22(21(16)24-30-18-10-26-3-2-19(18)33-24)17(23(25)31)9-29-15-5-13-7-27-8-14(13)6-15/h2-3,10,12-15,17,27-29H,4-9,11H2,1H3,(H2,25,31)/t12-,13?,14?,15?,17?/m0/s1. The summed E-state index contributed by atoms with van der Waals surface area (Å²) in [7, 11) is 0. The van der Waals surface area contributed by atoms with Crippen LogP contribution in [0.2, 0.25) is 0 Å². The monoisotopic (exact) mass is 482 g/mol. The third-order valence-electron chi connectivity index (χ3n) is 7.57. The molecule has 3 aromatic rings. The fourth-order valence-electron chi connectivity index (χ4n) is 5.84. The maximum atomic E-state index is 12.8. The Morgan fingerprint density at radius 2 is 2.12 bits per heavy atom. The number of nitrogens with two attached hydrogens (primary N) is 1. The van der Waals surface area contributed by atoms with Gasteiger partial charge in [-0.3, -0.25) is 9.78 Å². The third-order valence-corrected chi connectivity index (χ3v) is 9.97. The lowest BCUT2D eigenvalue weighted by Crippen LogP contribution is -2.36. The first-order valence-corrected chi connectivity index (χ1v) is 13.5. The molecule has 1 saturated heterocycles. The Bertz CT molecular complexity index is 1140. The van der Waals surface area contributed by atoms with Gasteiger partial charge in [-0.05, 0) is 62.7 Å². The lowest BCUT2D eigenvalue weighted by Gasteiger charge is -2.21. The highest BCUT2D eigenvalue weighted by atomic mass is 32.1. The number of hydrogen-bond donors (Lipinski definition) is 4. The molecule has 0 radical (unpaired) electrons. The number of carbonyl (C=O) groups is 1. The van der Waals surface area contributed by atoms with Crippen molar-refractivity contribution in [2.45, 2.75) is 50.7 Å². The minimum absolute atomic E-state index is 0.258. The number of nitrogens with one attached hydrogen (secondary N) is 3. The predicted molar refractivity (Wildman–Crippen MR) is 134 cm³/mol. The van der Waals surface area contributed by atoms with E-state index in [0.717, 1.165) is 63.6 Å². The molecule has 3 aromatic heterocycles. The summed E-state index contributed by atoms with van der Waals surface area (Å²) >= 11 is 3.42. The zero-order chi connectivity index (χ0) is 22.5. The summed E-state index contributed by atoms with van der Waals surface area (Å²) in [4.78, 5) is 24.3. The molecule has 4 atom stereocenters.